The van der Waals surface area contributed by atoms with Gasteiger partial charge in [-0.3, -0.25) is 0 Å². The monoisotopic (exact) mass is 832 g/mol. The zero-order valence-corrected chi connectivity index (χ0v) is 37.2. The van der Waals surface area contributed by atoms with Crippen LogP contribution in [0.5, 0.6) is 0 Å². The molecule has 2 nitrogen and oxygen atoms in total. The van der Waals surface area contributed by atoms with Gasteiger partial charge in [0.1, 0.15) is 0 Å². The zero-order valence-electron chi connectivity index (χ0n) is 37.2. The summed E-state index contributed by atoms with van der Waals surface area (Å²) in [6.07, 6.45) is 5.48. The third-order valence-electron chi connectivity index (χ3n) is 10.7. The van der Waals surface area contributed by atoms with E-state index in [1.54, 1.807) is 0 Å². The fraction of sp³-hybridized carbons (Fsp3) is 0.0968. The molecule has 0 heterocycles. The van der Waals surface area contributed by atoms with Crippen LogP contribution in [0.4, 0.5) is 22.7 Å². The van der Waals surface area contributed by atoms with Crippen molar-refractivity contribution in [2.45, 2.75) is 39.0 Å². The zero-order chi connectivity index (χ0) is 44.4. The molecule has 0 aliphatic rings. The molecule has 0 spiro atoms. The highest BCUT2D eigenvalue weighted by atomic mass is 14.9. The molecular formula is C62H60N2. The minimum atomic E-state index is 0.401. The molecule has 2 N–H and O–H groups in total. The van der Waals surface area contributed by atoms with Crippen LogP contribution in [-0.2, 0) is 6.42 Å². The van der Waals surface area contributed by atoms with Crippen LogP contribution >= 0.6 is 0 Å². The third kappa shape index (κ3) is 15.7. The lowest BCUT2D eigenvalue weighted by atomic mass is 9.92. The molecule has 0 bridgehead atoms. The van der Waals surface area contributed by atoms with E-state index in [4.69, 9.17) is 0 Å². The van der Waals surface area contributed by atoms with Gasteiger partial charge in [-0.15, -0.1) is 6.58 Å². The first kappa shape index (κ1) is 45.8. The maximum Gasteiger partial charge on any atom is 0.0384 e. The topological polar surface area (TPSA) is 24.1 Å². The highest BCUT2D eigenvalue weighted by molar-refractivity contribution is 5.70. The molecule has 0 aliphatic carbocycles. The summed E-state index contributed by atoms with van der Waals surface area (Å²) in [7, 11) is 0. The standard InChI is InChI=1S/C26H23N.C19H17N.C11H14.C6H6/c1-20(21-8-4-2-5-9-21)22-12-14-23(15-13-22)24-16-18-26(19-17-24)27-25-10-6-3-7-11-25;1-15-7-9-16(10-8-15)17-11-13-19(14-12-17)20-18-5-3-2-4-6-18;1-2-3-5-8-11-9-6-4-7-10-11;1-2-4-6-5-3-1/h2-20,27H,1H3;2-14,20H,1H3;2,4,6-7,9-10H,1,3,5,8H2;1-6H. The summed E-state index contributed by atoms with van der Waals surface area (Å²) in [6, 6.07) is 88.3. The SMILES string of the molecule is C=CCCCc1ccccc1.CC(c1ccccc1)c1ccc(-c2ccc(Nc3ccccc3)cc2)cc1.Cc1ccc(-c2ccc(Nc3ccccc3)cc2)cc1.c1ccccc1. The summed E-state index contributed by atoms with van der Waals surface area (Å²) >= 11 is 0. The molecule has 0 aromatic heterocycles. The van der Waals surface area contributed by atoms with Crippen LogP contribution in [0.1, 0.15) is 47.9 Å². The molecule has 1 unspecified atom stereocenters. The summed E-state index contributed by atoms with van der Waals surface area (Å²) in [5, 5.41) is 6.82. The maximum atomic E-state index is 3.69. The van der Waals surface area contributed by atoms with Gasteiger partial charge in [-0.2, -0.15) is 0 Å². The van der Waals surface area contributed by atoms with Gasteiger partial charge in [0.25, 0.3) is 0 Å². The Morgan fingerprint density at radius 2 is 0.688 bits per heavy atom. The molecule has 318 valence electrons. The van der Waals surface area contributed by atoms with Crippen LogP contribution < -0.4 is 10.6 Å². The maximum absolute atomic E-state index is 3.69. The quantitative estimate of drug-likeness (QED) is 0.0946. The van der Waals surface area contributed by atoms with E-state index in [9.17, 15) is 0 Å². The molecule has 9 aromatic rings. The fourth-order valence-electron chi connectivity index (χ4n) is 6.99. The summed E-state index contributed by atoms with van der Waals surface area (Å²) in [5.74, 6) is 0.401. The molecule has 9 aromatic carbocycles. The average Bonchev–Trinajstić information content (AvgIpc) is 3.37. The van der Waals surface area contributed by atoms with Crippen molar-refractivity contribution in [2.24, 2.45) is 0 Å². The predicted octanol–water partition coefficient (Wildman–Crippen LogP) is 17.5. The van der Waals surface area contributed by atoms with E-state index in [1.807, 2.05) is 78.9 Å². The number of rotatable bonds is 12. The number of hydrogen-bond acceptors (Lipinski definition) is 2. The first-order chi connectivity index (χ1) is 31.5. The van der Waals surface area contributed by atoms with Crippen molar-refractivity contribution in [3.63, 3.8) is 0 Å². The van der Waals surface area contributed by atoms with Crippen LogP contribution in [0.2, 0.25) is 0 Å². The van der Waals surface area contributed by atoms with Gasteiger partial charge in [0.2, 0.25) is 0 Å². The first-order valence-electron chi connectivity index (χ1n) is 22.3. The van der Waals surface area contributed by atoms with Gasteiger partial charge in [-0.05, 0) is 114 Å². The number of nitrogens with one attached hydrogen (secondary N) is 2. The van der Waals surface area contributed by atoms with Crippen molar-refractivity contribution in [1.29, 1.82) is 0 Å². The number of hydrogen-bond donors (Lipinski definition) is 2. The second kappa shape index (κ2) is 25.9. The van der Waals surface area contributed by atoms with Gasteiger partial charge in [0.05, 0.1) is 0 Å². The van der Waals surface area contributed by atoms with E-state index in [1.165, 1.54) is 57.3 Å². The lowest BCUT2D eigenvalue weighted by Gasteiger charge is -2.13. The summed E-state index contributed by atoms with van der Waals surface area (Å²) in [5.41, 5.74) is 14.8. The van der Waals surface area contributed by atoms with E-state index < -0.39 is 0 Å². The second-order valence-electron chi connectivity index (χ2n) is 15.6. The molecule has 0 amide bonds. The van der Waals surface area contributed by atoms with Gasteiger partial charge in [0, 0.05) is 28.7 Å². The van der Waals surface area contributed by atoms with Gasteiger partial charge < -0.3 is 10.6 Å². The van der Waals surface area contributed by atoms with E-state index in [0.29, 0.717) is 5.92 Å². The molecule has 9 rings (SSSR count). The largest absolute Gasteiger partial charge is 0.356 e. The van der Waals surface area contributed by atoms with Crippen LogP contribution in [0.25, 0.3) is 22.3 Å². The van der Waals surface area contributed by atoms with Crippen molar-refractivity contribution < 1.29 is 0 Å². The van der Waals surface area contributed by atoms with Crippen molar-refractivity contribution in [1.82, 2.24) is 0 Å². The first-order valence-corrected chi connectivity index (χ1v) is 22.3. The van der Waals surface area contributed by atoms with E-state index >= 15 is 0 Å². The molecule has 0 radical (unpaired) electrons. The molecule has 0 fully saturated rings. The minimum Gasteiger partial charge on any atom is -0.356 e. The van der Waals surface area contributed by atoms with Gasteiger partial charge in [-0.1, -0.05) is 225 Å². The Morgan fingerprint density at radius 1 is 0.375 bits per heavy atom. The molecule has 1 atom stereocenters. The Morgan fingerprint density at radius 3 is 1.09 bits per heavy atom. The number of allylic oxidation sites excluding steroid dienone is 1. The molecule has 0 saturated carbocycles. The van der Waals surface area contributed by atoms with Crippen molar-refractivity contribution in [2.75, 3.05) is 10.6 Å². The lowest BCUT2D eigenvalue weighted by molar-refractivity contribution is 0.844. The van der Waals surface area contributed by atoms with E-state index in [2.05, 4.69) is 213 Å². The third-order valence-corrected chi connectivity index (χ3v) is 10.7. The van der Waals surface area contributed by atoms with Crippen molar-refractivity contribution >= 4 is 22.7 Å². The Labute approximate surface area is 382 Å². The highest BCUT2D eigenvalue weighted by Gasteiger charge is 2.08. The van der Waals surface area contributed by atoms with Crippen molar-refractivity contribution in [3.05, 3.63) is 290 Å². The van der Waals surface area contributed by atoms with Crippen LogP contribution in [0.3, 0.4) is 0 Å². The molecular weight excluding hydrogens is 773 g/mol. The summed E-state index contributed by atoms with van der Waals surface area (Å²) in [6.45, 7) is 8.06. The van der Waals surface area contributed by atoms with Crippen molar-refractivity contribution in [3.8, 4) is 22.3 Å². The number of benzene rings is 9. The lowest BCUT2D eigenvalue weighted by Crippen LogP contribution is -1.95. The molecule has 2 heteroatoms. The molecule has 0 aliphatic heterocycles. The van der Waals surface area contributed by atoms with E-state index in [-0.39, 0.29) is 0 Å². The Bertz CT molecular complexity index is 2560. The Balaban J connectivity index is 0.000000160. The highest BCUT2D eigenvalue weighted by Crippen LogP contribution is 2.28. The van der Waals surface area contributed by atoms with E-state index in [0.717, 1.165) is 29.2 Å². The molecule has 64 heavy (non-hydrogen) atoms. The van der Waals surface area contributed by atoms with Gasteiger partial charge in [0.15, 0.2) is 0 Å². The molecule has 0 saturated heterocycles. The number of anilines is 4. The number of para-hydroxylation sites is 2. The average molecular weight is 833 g/mol. The fourth-order valence-corrected chi connectivity index (χ4v) is 6.99. The van der Waals surface area contributed by atoms with Gasteiger partial charge in [-0.25, -0.2) is 0 Å². The van der Waals surface area contributed by atoms with Crippen LogP contribution in [0, 0.1) is 6.92 Å². The number of aryl methyl sites for hydroxylation is 2. The Hall–Kier alpha value is -7.68. The van der Waals surface area contributed by atoms with Crippen LogP contribution in [-0.4, -0.2) is 0 Å². The van der Waals surface area contributed by atoms with Crippen LogP contribution in [0.15, 0.2) is 267 Å². The van der Waals surface area contributed by atoms with Gasteiger partial charge >= 0.3 is 0 Å². The second-order valence-corrected chi connectivity index (χ2v) is 15.6. The summed E-state index contributed by atoms with van der Waals surface area (Å²) in [4.78, 5) is 0. The minimum absolute atomic E-state index is 0.401. The Kier molecular flexibility index (Phi) is 18.6. The predicted molar refractivity (Wildman–Crippen MR) is 278 cm³/mol. The smallest absolute Gasteiger partial charge is 0.0384 e. The normalized spacial score (nSPS) is 10.5. The number of unbranched alkanes of at least 4 members (excludes halogenated alkanes) is 1. The summed E-state index contributed by atoms with van der Waals surface area (Å²) < 4.78 is 0.